The van der Waals surface area contributed by atoms with E-state index >= 15 is 0 Å². The number of nitrogens with one attached hydrogen (secondary N) is 1. The number of nitrogens with zero attached hydrogens (tertiary/aromatic N) is 1. The monoisotopic (exact) mass is 300 g/mol. The molecule has 5 nitrogen and oxygen atoms in total. The lowest BCUT2D eigenvalue weighted by Crippen LogP contribution is -1.97. The Labute approximate surface area is 103 Å². The second-order valence-corrected chi connectivity index (χ2v) is 3.95. The molecule has 0 amide bonds. The molecule has 2 rings (SSSR count). The Hall–Kier alpha value is -1.89. The molecule has 0 aliphatic carbocycles. The Balaban J connectivity index is 2.19. The molecule has 1 aromatic heterocycles. The van der Waals surface area contributed by atoms with Crippen molar-refractivity contribution in [3.05, 3.63) is 40.4 Å². The third kappa shape index (κ3) is 2.62. The van der Waals surface area contributed by atoms with Gasteiger partial charge < -0.3 is 14.8 Å². The summed E-state index contributed by atoms with van der Waals surface area (Å²) in [6.07, 6.45) is 1.000. The minimum atomic E-state index is -1.19. The van der Waals surface area contributed by atoms with E-state index in [1.807, 2.05) is 0 Å². The average Bonchev–Trinajstić information content (AvgIpc) is 2.72. The number of halogens is 2. The molecule has 17 heavy (non-hydrogen) atoms. The molecule has 0 aliphatic heterocycles. The molecule has 0 radical (unpaired) electrons. The van der Waals surface area contributed by atoms with Crippen LogP contribution in [0.3, 0.4) is 0 Å². The van der Waals surface area contributed by atoms with Gasteiger partial charge in [0.2, 0.25) is 0 Å². The van der Waals surface area contributed by atoms with Gasteiger partial charge in [0, 0.05) is 5.69 Å². The van der Waals surface area contributed by atoms with E-state index in [1.165, 1.54) is 12.1 Å². The van der Waals surface area contributed by atoms with Crippen LogP contribution < -0.4 is 5.32 Å². The van der Waals surface area contributed by atoms with Crippen LogP contribution in [0.25, 0.3) is 0 Å². The summed E-state index contributed by atoms with van der Waals surface area (Å²) in [7, 11) is 0. The van der Waals surface area contributed by atoms with Crippen molar-refractivity contribution in [1.82, 2.24) is 4.98 Å². The first-order chi connectivity index (χ1) is 8.06. The molecule has 2 N–H and O–H groups in total. The van der Waals surface area contributed by atoms with Crippen LogP contribution in [-0.4, -0.2) is 16.1 Å². The molecule has 0 fully saturated rings. The first-order valence-corrected chi connectivity index (χ1v) is 5.26. The number of anilines is 2. The maximum atomic E-state index is 13.2. The Bertz CT molecular complexity index is 570. The highest BCUT2D eigenvalue weighted by Gasteiger charge is 2.10. The second-order valence-electron chi connectivity index (χ2n) is 3.10. The fraction of sp³-hybridized carbons (Fsp3) is 0. The summed E-state index contributed by atoms with van der Waals surface area (Å²) < 4.78 is 18.4. The van der Waals surface area contributed by atoms with Crippen LogP contribution in [0, 0.1) is 5.82 Å². The highest BCUT2D eigenvalue weighted by atomic mass is 79.9. The summed E-state index contributed by atoms with van der Waals surface area (Å²) in [5, 5.41) is 11.3. The molecule has 0 spiro atoms. The lowest BCUT2D eigenvalue weighted by Gasteiger charge is -2.02. The Morgan fingerprint density at radius 2 is 2.29 bits per heavy atom. The highest BCUT2D eigenvalue weighted by molar-refractivity contribution is 9.10. The first kappa shape index (κ1) is 11.6. The summed E-state index contributed by atoms with van der Waals surface area (Å²) >= 11 is 3.02. The number of oxazole rings is 1. The van der Waals surface area contributed by atoms with Gasteiger partial charge in [-0.15, -0.1) is 0 Å². The predicted octanol–water partition coefficient (Wildman–Crippen LogP) is 3.02. The number of carboxylic acids is 1. The van der Waals surface area contributed by atoms with Gasteiger partial charge in [0.1, 0.15) is 12.1 Å². The van der Waals surface area contributed by atoms with Crippen molar-refractivity contribution in [1.29, 1.82) is 0 Å². The number of aromatic nitrogens is 1. The molecule has 1 heterocycles. The van der Waals surface area contributed by atoms with E-state index in [9.17, 15) is 9.18 Å². The van der Waals surface area contributed by atoms with Gasteiger partial charge in [-0.05, 0) is 34.1 Å². The number of hydrogen-bond acceptors (Lipinski definition) is 4. The lowest BCUT2D eigenvalue weighted by molar-refractivity contribution is 0.0690. The molecular formula is C10H6BrFN2O3. The van der Waals surface area contributed by atoms with Crippen molar-refractivity contribution in [2.75, 3.05) is 5.32 Å². The molecule has 2 aromatic rings. The number of aromatic carboxylic acids is 1. The van der Waals surface area contributed by atoms with Crippen LogP contribution in [0.2, 0.25) is 0 Å². The zero-order valence-electron chi connectivity index (χ0n) is 8.28. The molecule has 0 atom stereocenters. The van der Waals surface area contributed by atoms with Crippen molar-refractivity contribution in [3.8, 4) is 0 Å². The third-order valence-electron chi connectivity index (χ3n) is 1.89. The Kier molecular flexibility index (Phi) is 3.10. The van der Waals surface area contributed by atoms with Crippen molar-refractivity contribution in [2.24, 2.45) is 0 Å². The van der Waals surface area contributed by atoms with Crippen LogP contribution in [0.15, 0.2) is 33.4 Å². The normalized spacial score (nSPS) is 10.2. The molecule has 88 valence electrons. The molecule has 0 saturated carbocycles. The SMILES string of the molecule is O=C(O)c1coc(Nc2ccc(Br)c(F)c2)n1. The summed E-state index contributed by atoms with van der Waals surface area (Å²) in [5.41, 5.74) is 0.189. The minimum absolute atomic E-state index is 0.0101. The number of rotatable bonds is 3. The van der Waals surface area contributed by atoms with E-state index in [-0.39, 0.29) is 11.7 Å². The molecule has 7 heteroatoms. The quantitative estimate of drug-likeness (QED) is 0.911. The van der Waals surface area contributed by atoms with Crippen molar-refractivity contribution in [2.45, 2.75) is 0 Å². The fourth-order valence-corrected chi connectivity index (χ4v) is 1.37. The van der Waals surface area contributed by atoms with E-state index in [2.05, 4.69) is 26.2 Å². The van der Waals surface area contributed by atoms with Crippen LogP contribution >= 0.6 is 15.9 Å². The first-order valence-electron chi connectivity index (χ1n) is 4.47. The zero-order valence-corrected chi connectivity index (χ0v) is 9.86. The molecule has 0 bridgehead atoms. The average molecular weight is 301 g/mol. The van der Waals surface area contributed by atoms with Gasteiger partial charge in [-0.25, -0.2) is 9.18 Å². The van der Waals surface area contributed by atoms with Gasteiger partial charge in [-0.3, -0.25) is 0 Å². The van der Waals surface area contributed by atoms with Crippen molar-refractivity contribution < 1.29 is 18.7 Å². The molecule has 0 saturated heterocycles. The zero-order chi connectivity index (χ0) is 12.4. The Morgan fingerprint density at radius 3 is 2.88 bits per heavy atom. The number of carboxylic acid groups (broad SMARTS) is 1. The van der Waals surface area contributed by atoms with Gasteiger partial charge in [0.05, 0.1) is 4.47 Å². The van der Waals surface area contributed by atoms with Crippen LogP contribution in [-0.2, 0) is 0 Å². The predicted molar refractivity (Wildman–Crippen MR) is 60.8 cm³/mol. The maximum absolute atomic E-state index is 13.2. The largest absolute Gasteiger partial charge is 0.476 e. The van der Waals surface area contributed by atoms with E-state index in [4.69, 9.17) is 9.52 Å². The topological polar surface area (TPSA) is 75.4 Å². The minimum Gasteiger partial charge on any atom is -0.476 e. The summed E-state index contributed by atoms with van der Waals surface area (Å²) in [5.74, 6) is -1.64. The van der Waals surface area contributed by atoms with E-state index in [0.717, 1.165) is 6.26 Å². The maximum Gasteiger partial charge on any atom is 0.357 e. The van der Waals surface area contributed by atoms with Gasteiger partial charge in [0.25, 0.3) is 6.01 Å². The number of carbonyl (C=O) groups is 1. The van der Waals surface area contributed by atoms with Crippen molar-refractivity contribution >= 4 is 33.6 Å². The molecular weight excluding hydrogens is 295 g/mol. The van der Waals surface area contributed by atoms with Gasteiger partial charge in [0.15, 0.2) is 5.69 Å². The van der Waals surface area contributed by atoms with Gasteiger partial charge in [-0.2, -0.15) is 4.98 Å². The van der Waals surface area contributed by atoms with Crippen LogP contribution in [0.5, 0.6) is 0 Å². The lowest BCUT2D eigenvalue weighted by atomic mass is 10.3. The molecule has 0 unspecified atom stereocenters. The third-order valence-corrected chi connectivity index (χ3v) is 2.54. The summed E-state index contributed by atoms with van der Waals surface area (Å²) in [6.45, 7) is 0. The summed E-state index contributed by atoms with van der Waals surface area (Å²) in [6, 6.07) is 4.33. The van der Waals surface area contributed by atoms with Crippen LogP contribution in [0.4, 0.5) is 16.1 Å². The van der Waals surface area contributed by atoms with E-state index < -0.39 is 11.8 Å². The molecule has 0 aliphatic rings. The number of hydrogen-bond donors (Lipinski definition) is 2. The standard InChI is InChI=1S/C10H6BrFN2O3/c11-6-2-1-5(3-7(6)12)13-10-14-8(4-17-10)9(15)16/h1-4H,(H,13,14)(H,15,16). The highest BCUT2D eigenvalue weighted by Crippen LogP contribution is 2.22. The van der Waals surface area contributed by atoms with Gasteiger partial charge in [-0.1, -0.05) is 0 Å². The smallest absolute Gasteiger partial charge is 0.357 e. The second kappa shape index (κ2) is 4.54. The number of benzene rings is 1. The van der Waals surface area contributed by atoms with Crippen molar-refractivity contribution in [3.63, 3.8) is 0 Å². The Morgan fingerprint density at radius 1 is 1.53 bits per heavy atom. The van der Waals surface area contributed by atoms with E-state index in [0.29, 0.717) is 10.2 Å². The summed E-state index contributed by atoms with van der Waals surface area (Å²) in [4.78, 5) is 14.2. The van der Waals surface area contributed by atoms with Gasteiger partial charge >= 0.3 is 5.97 Å². The molecule has 1 aromatic carbocycles. The van der Waals surface area contributed by atoms with Crippen LogP contribution in [0.1, 0.15) is 10.5 Å². The fourth-order valence-electron chi connectivity index (χ4n) is 1.13. The van der Waals surface area contributed by atoms with E-state index in [1.54, 1.807) is 6.07 Å².